The molecule has 0 spiro atoms. The minimum Gasteiger partial charge on any atom is -0.308 e. The Balaban J connectivity index is 1.81. The zero-order valence-corrected chi connectivity index (χ0v) is 14.4. The van der Waals surface area contributed by atoms with E-state index in [2.05, 4.69) is 12.1 Å². The Morgan fingerprint density at radius 3 is 2.42 bits per heavy atom. The van der Waals surface area contributed by atoms with Gasteiger partial charge < -0.3 is 4.90 Å². The normalized spacial score (nSPS) is 13.0. The van der Waals surface area contributed by atoms with Gasteiger partial charge in [0.05, 0.1) is 11.6 Å². The van der Waals surface area contributed by atoms with Crippen molar-refractivity contribution in [1.82, 2.24) is 0 Å². The molecule has 0 unspecified atom stereocenters. The van der Waals surface area contributed by atoms with Crippen molar-refractivity contribution in [2.75, 3.05) is 11.4 Å². The molecular formula is C23H18N2O. The molecule has 3 aromatic rings. The van der Waals surface area contributed by atoms with Crippen LogP contribution in [0.3, 0.4) is 0 Å². The van der Waals surface area contributed by atoms with Gasteiger partial charge in [-0.3, -0.25) is 4.79 Å². The van der Waals surface area contributed by atoms with Crippen molar-refractivity contribution in [3.8, 4) is 17.2 Å². The van der Waals surface area contributed by atoms with Crippen LogP contribution in [-0.2, 0) is 6.42 Å². The summed E-state index contributed by atoms with van der Waals surface area (Å²) in [5.74, 6) is -0.0134. The SMILES string of the molecule is N#Cc1ccccc1-c1ccccc1C(=O)N1CCCc2ccccc21. The van der Waals surface area contributed by atoms with E-state index in [-0.39, 0.29) is 5.91 Å². The molecule has 1 amide bonds. The summed E-state index contributed by atoms with van der Waals surface area (Å²) in [5.41, 5.74) is 5.01. The van der Waals surface area contributed by atoms with Crippen LogP contribution in [0.2, 0.25) is 0 Å². The number of para-hydroxylation sites is 1. The van der Waals surface area contributed by atoms with Crippen LogP contribution in [0.25, 0.3) is 11.1 Å². The third-order valence-electron chi connectivity index (χ3n) is 4.85. The number of nitrogens with zero attached hydrogens (tertiary/aromatic N) is 2. The zero-order chi connectivity index (χ0) is 17.9. The summed E-state index contributed by atoms with van der Waals surface area (Å²) in [4.78, 5) is 15.3. The number of nitriles is 1. The van der Waals surface area contributed by atoms with Crippen LogP contribution in [0, 0.1) is 11.3 Å². The van der Waals surface area contributed by atoms with Gasteiger partial charge in [-0.25, -0.2) is 0 Å². The molecule has 0 aromatic heterocycles. The maximum atomic E-state index is 13.4. The standard InChI is InChI=1S/C23H18N2O/c24-16-18-9-1-3-11-19(18)20-12-4-5-13-21(20)23(26)25-15-7-10-17-8-2-6-14-22(17)25/h1-6,8-9,11-14H,7,10,15H2. The molecule has 1 heterocycles. The van der Waals surface area contributed by atoms with Gasteiger partial charge in [0.25, 0.3) is 5.91 Å². The van der Waals surface area contributed by atoms with Crippen molar-refractivity contribution >= 4 is 11.6 Å². The molecule has 1 aliphatic heterocycles. The summed E-state index contributed by atoms with van der Waals surface area (Å²) in [6, 6.07) is 25.3. The number of hydrogen-bond acceptors (Lipinski definition) is 2. The predicted octanol–water partition coefficient (Wildman–Crippen LogP) is 4.82. The number of fused-ring (bicyclic) bond motifs is 1. The molecule has 0 bridgehead atoms. The van der Waals surface area contributed by atoms with Crippen molar-refractivity contribution in [3.63, 3.8) is 0 Å². The van der Waals surface area contributed by atoms with Crippen LogP contribution in [0.5, 0.6) is 0 Å². The van der Waals surface area contributed by atoms with E-state index < -0.39 is 0 Å². The number of rotatable bonds is 2. The van der Waals surface area contributed by atoms with Crippen molar-refractivity contribution < 1.29 is 4.79 Å². The Morgan fingerprint density at radius 2 is 1.58 bits per heavy atom. The largest absolute Gasteiger partial charge is 0.308 e. The Hall–Kier alpha value is -3.38. The van der Waals surface area contributed by atoms with Gasteiger partial charge in [0.15, 0.2) is 0 Å². The van der Waals surface area contributed by atoms with Gasteiger partial charge in [-0.05, 0) is 42.2 Å². The van der Waals surface area contributed by atoms with Crippen LogP contribution >= 0.6 is 0 Å². The summed E-state index contributed by atoms with van der Waals surface area (Å²) < 4.78 is 0. The topological polar surface area (TPSA) is 44.1 Å². The van der Waals surface area contributed by atoms with E-state index in [4.69, 9.17) is 0 Å². The maximum Gasteiger partial charge on any atom is 0.258 e. The van der Waals surface area contributed by atoms with Crippen molar-refractivity contribution in [2.24, 2.45) is 0 Å². The zero-order valence-electron chi connectivity index (χ0n) is 14.4. The van der Waals surface area contributed by atoms with Crippen molar-refractivity contribution in [2.45, 2.75) is 12.8 Å². The first-order valence-corrected chi connectivity index (χ1v) is 8.78. The molecule has 3 heteroatoms. The number of anilines is 1. The number of amides is 1. The summed E-state index contributed by atoms with van der Waals surface area (Å²) in [6.45, 7) is 0.712. The Kier molecular flexibility index (Phi) is 4.25. The molecule has 0 saturated carbocycles. The molecule has 0 N–H and O–H groups in total. The van der Waals surface area contributed by atoms with Gasteiger partial charge in [-0.1, -0.05) is 54.6 Å². The van der Waals surface area contributed by atoms with Gasteiger partial charge in [0, 0.05) is 23.4 Å². The van der Waals surface area contributed by atoms with Crippen molar-refractivity contribution in [1.29, 1.82) is 5.26 Å². The van der Waals surface area contributed by atoms with Gasteiger partial charge >= 0.3 is 0 Å². The number of carbonyl (C=O) groups excluding carboxylic acids is 1. The lowest BCUT2D eigenvalue weighted by Gasteiger charge is -2.30. The molecule has 3 aromatic carbocycles. The Labute approximate surface area is 153 Å². The highest BCUT2D eigenvalue weighted by atomic mass is 16.2. The molecule has 26 heavy (non-hydrogen) atoms. The molecular weight excluding hydrogens is 320 g/mol. The molecule has 3 nitrogen and oxygen atoms in total. The lowest BCUT2D eigenvalue weighted by molar-refractivity contribution is 0.0985. The molecule has 0 aliphatic carbocycles. The number of hydrogen-bond donors (Lipinski definition) is 0. The van der Waals surface area contributed by atoms with E-state index in [1.54, 1.807) is 6.07 Å². The van der Waals surface area contributed by atoms with E-state index in [9.17, 15) is 10.1 Å². The first kappa shape index (κ1) is 16.1. The number of benzene rings is 3. The van der Waals surface area contributed by atoms with E-state index in [0.717, 1.165) is 29.7 Å². The first-order chi connectivity index (χ1) is 12.8. The minimum absolute atomic E-state index is 0.0134. The molecule has 0 radical (unpaired) electrons. The van der Waals surface area contributed by atoms with Crippen molar-refractivity contribution in [3.05, 3.63) is 89.5 Å². The Morgan fingerprint density at radius 1 is 0.885 bits per heavy atom. The smallest absolute Gasteiger partial charge is 0.258 e. The quantitative estimate of drug-likeness (QED) is 0.672. The third kappa shape index (κ3) is 2.76. The molecule has 0 fully saturated rings. The fourth-order valence-electron chi connectivity index (χ4n) is 3.61. The molecule has 0 saturated heterocycles. The van der Waals surface area contributed by atoms with Crippen LogP contribution in [0.4, 0.5) is 5.69 Å². The van der Waals surface area contributed by atoms with Crippen LogP contribution < -0.4 is 4.90 Å². The third-order valence-corrected chi connectivity index (χ3v) is 4.85. The van der Waals surface area contributed by atoms with E-state index >= 15 is 0 Å². The highest BCUT2D eigenvalue weighted by molar-refractivity contribution is 6.11. The second-order valence-electron chi connectivity index (χ2n) is 6.39. The average molecular weight is 338 g/mol. The maximum absolute atomic E-state index is 13.4. The highest BCUT2D eigenvalue weighted by Crippen LogP contribution is 2.32. The highest BCUT2D eigenvalue weighted by Gasteiger charge is 2.25. The van der Waals surface area contributed by atoms with Gasteiger partial charge in [0.2, 0.25) is 0 Å². The van der Waals surface area contributed by atoms with E-state index in [1.807, 2.05) is 65.6 Å². The predicted molar refractivity (Wildman–Crippen MR) is 103 cm³/mol. The Bertz CT molecular complexity index is 1020. The van der Waals surface area contributed by atoms with Gasteiger partial charge in [0.1, 0.15) is 0 Å². The van der Waals surface area contributed by atoms with Crippen LogP contribution in [0.1, 0.15) is 27.9 Å². The lowest BCUT2D eigenvalue weighted by Crippen LogP contribution is -2.35. The first-order valence-electron chi connectivity index (χ1n) is 8.78. The fourth-order valence-corrected chi connectivity index (χ4v) is 3.61. The molecule has 4 rings (SSSR count). The summed E-state index contributed by atoms with van der Waals surface area (Å²) >= 11 is 0. The van der Waals surface area contributed by atoms with Crippen LogP contribution in [-0.4, -0.2) is 12.5 Å². The van der Waals surface area contributed by atoms with E-state index in [1.165, 1.54) is 5.56 Å². The monoisotopic (exact) mass is 338 g/mol. The molecule has 1 aliphatic rings. The average Bonchev–Trinajstić information content (AvgIpc) is 2.73. The fraction of sp³-hybridized carbons (Fsp3) is 0.130. The summed E-state index contributed by atoms with van der Waals surface area (Å²) in [6.07, 6.45) is 1.96. The minimum atomic E-state index is -0.0134. The van der Waals surface area contributed by atoms with Crippen LogP contribution in [0.15, 0.2) is 72.8 Å². The molecule has 0 atom stereocenters. The second-order valence-corrected chi connectivity index (χ2v) is 6.39. The van der Waals surface area contributed by atoms with Gasteiger partial charge in [-0.15, -0.1) is 0 Å². The van der Waals surface area contributed by atoms with Gasteiger partial charge in [-0.2, -0.15) is 5.26 Å². The number of carbonyl (C=O) groups is 1. The summed E-state index contributed by atoms with van der Waals surface area (Å²) in [7, 11) is 0. The molecule has 126 valence electrons. The van der Waals surface area contributed by atoms with E-state index in [0.29, 0.717) is 17.7 Å². The lowest BCUT2D eigenvalue weighted by atomic mass is 9.94. The summed E-state index contributed by atoms with van der Waals surface area (Å²) in [5, 5.41) is 9.44. The number of aryl methyl sites for hydroxylation is 1. The second kappa shape index (κ2) is 6.85.